The lowest BCUT2D eigenvalue weighted by atomic mass is 10.1. The maximum atomic E-state index is 12.4. The Morgan fingerprint density at radius 3 is 2.50 bits per heavy atom. The maximum Gasteiger partial charge on any atom is 0.329 e. The predicted octanol–water partition coefficient (Wildman–Crippen LogP) is 1.97. The molecule has 0 aliphatic rings. The van der Waals surface area contributed by atoms with Gasteiger partial charge in [-0.25, -0.2) is 4.79 Å². The van der Waals surface area contributed by atoms with Gasteiger partial charge in [0.25, 0.3) is 5.56 Å². The van der Waals surface area contributed by atoms with Crippen molar-refractivity contribution < 1.29 is 0 Å². The molecule has 8 nitrogen and oxygen atoms in total. The van der Waals surface area contributed by atoms with Gasteiger partial charge >= 0.3 is 5.69 Å². The summed E-state index contributed by atoms with van der Waals surface area (Å²) in [6.07, 6.45) is 1.02. The third-order valence-electron chi connectivity index (χ3n) is 5.43. The number of H-pyrrole nitrogens is 1. The van der Waals surface area contributed by atoms with Crippen LogP contribution in [0, 0.1) is 13.8 Å². The van der Waals surface area contributed by atoms with Crippen LogP contribution in [0.3, 0.4) is 0 Å². The van der Waals surface area contributed by atoms with E-state index in [4.69, 9.17) is 0 Å². The molecule has 8 heteroatoms. The molecule has 0 fully saturated rings. The van der Waals surface area contributed by atoms with E-state index >= 15 is 0 Å². The first kappa shape index (κ1) is 18.1. The Morgan fingerprint density at radius 1 is 1.11 bits per heavy atom. The molecule has 2 N–H and O–H groups in total. The van der Waals surface area contributed by atoms with Crippen LogP contribution < -0.4 is 16.6 Å². The molecule has 146 valence electrons. The Kier molecular flexibility index (Phi) is 4.33. The SMILES string of the molecule is CCc1ccc(NCCn2c(C)c(C)n3c4c(=O)[nH]c(=O)n(C)c4nc23)cc1. The zero-order valence-corrected chi connectivity index (χ0v) is 16.5. The van der Waals surface area contributed by atoms with Crippen LogP contribution in [0.1, 0.15) is 23.9 Å². The minimum atomic E-state index is -0.462. The highest BCUT2D eigenvalue weighted by Crippen LogP contribution is 2.20. The number of rotatable bonds is 5. The number of benzene rings is 1. The summed E-state index contributed by atoms with van der Waals surface area (Å²) in [7, 11) is 1.61. The van der Waals surface area contributed by atoms with E-state index < -0.39 is 11.2 Å². The highest BCUT2D eigenvalue weighted by Gasteiger charge is 2.20. The highest BCUT2D eigenvalue weighted by molar-refractivity contribution is 5.76. The van der Waals surface area contributed by atoms with E-state index in [-0.39, 0.29) is 0 Å². The van der Waals surface area contributed by atoms with E-state index in [1.807, 2.05) is 18.2 Å². The van der Waals surface area contributed by atoms with E-state index in [1.54, 1.807) is 7.05 Å². The lowest BCUT2D eigenvalue weighted by molar-refractivity contribution is 0.722. The fourth-order valence-electron chi connectivity index (χ4n) is 3.61. The maximum absolute atomic E-state index is 12.4. The Bertz CT molecular complexity index is 1290. The van der Waals surface area contributed by atoms with Crippen molar-refractivity contribution in [1.29, 1.82) is 0 Å². The second kappa shape index (κ2) is 6.70. The largest absolute Gasteiger partial charge is 0.383 e. The van der Waals surface area contributed by atoms with Gasteiger partial charge in [-0.1, -0.05) is 19.1 Å². The fraction of sp³-hybridized carbons (Fsp3) is 0.350. The second-order valence-electron chi connectivity index (χ2n) is 7.04. The first-order valence-electron chi connectivity index (χ1n) is 9.42. The van der Waals surface area contributed by atoms with Crippen LogP contribution in [0.4, 0.5) is 5.69 Å². The van der Waals surface area contributed by atoms with Gasteiger partial charge in [-0.2, -0.15) is 4.98 Å². The minimum absolute atomic E-state index is 0.392. The van der Waals surface area contributed by atoms with Crippen LogP contribution in [0.15, 0.2) is 33.9 Å². The van der Waals surface area contributed by atoms with Crippen molar-refractivity contribution in [1.82, 2.24) is 23.5 Å². The first-order chi connectivity index (χ1) is 13.4. The molecule has 0 spiro atoms. The molecular formula is C20H24N6O2. The summed E-state index contributed by atoms with van der Waals surface area (Å²) >= 11 is 0. The Hall–Kier alpha value is -3.29. The van der Waals surface area contributed by atoms with Gasteiger partial charge in [-0.15, -0.1) is 0 Å². The lowest BCUT2D eigenvalue weighted by Gasteiger charge is -2.09. The number of fused-ring (bicyclic) bond motifs is 3. The number of imidazole rings is 2. The summed E-state index contributed by atoms with van der Waals surface area (Å²) in [5.41, 5.74) is 4.28. The number of aromatic amines is 1. The molecule has 4 rings (SSSR count). The van der Waals surface area contributed by atoms with Gasteiger partial charge < -0.3 is 9.88 Å². The van der Waals surface area contributed by atoms with E-state index in [2.05, 4.69) is 51.0 Å². The molecule has 0 aliphatic heterocycles. The molecule has 0 saturated carbocycles. The molecule has 4 aromatic rings. The summed E-state index contributed by atoms with van der Waals surface area (Å²) in [5, 5.41) is 3.43. The predicted molar refractivity (Wildman–Crippen MR) is 110 cm³/mol. The van der Waals surface area contributed by atoms with Gasteiger partial charge in [0.1, 0.15) is 0 Å². The van der Waals surface area contributed by atoms with Crippen molar-refractivity contribution in [2.24, 2.45) is 7.05 Å². The molecule has 0 radical (unpaired) electrons. The number of anilines is 1. The van der Waals surface area contributed by atoms with Gasteiger partial charge in [0.05, 0.1) is 0 Å². The molecule has 0 amide bonds. The number of aromatic nitrogens is 5. The number of nitrogens with zero attached hydrogens (tertiary/aromatic N) is 4. The molecule has 3 heterocycles. The molecule has 28 heavy (non-hydrogen) atoms. The van der Waals surface area contributed by atoms with Crippen LogP contribution in [0.5, 0.6) is 0 Å². The van der Waals surface area contributed by atoms with Crippen LogP contribution >= 0.6 is 0 Å². The molecule has 0 atom stereocenters. The van der Waals surface area contributed by atoms with Crippen LogP contribution in [-0.4, -0.2) is 30.0 Å². The van der Waals surface area contributed by atoms with Gasteiger partial charge in [0.2, 0.25) is 5.78 Å². The van der Waals surface area contributed by atoms with Crippen molar-refractivity contribution in [2.75, 3.05) is 11.9 Å². The number of hydrogen-bond acceptors (Lipinski definition) is 4. The quantitative estimate of drug-likeness (QED) is 0.554. The second-order valence-corrected chi connectivity index (χ2v) is 7.04. The third kappa shape index (κ3) is 2.72. The molecule has 0 aliphatic carbocycles. The lowest BCUT2D eigenvalue weighted by Crippen LogP contribution is -2.28. The summed E-state index contributed by atoms with van der Waals surface area (Å²) in [5.74, 6) is 0.667. The monoisotopic (exact) mass is 380 g/mol. The summed E-state index contributed by atoms with van der Waals surface area (Å²) in [6, 6.07) is 8.42. The van der Waals surface area contributed by atoms with Crippen LogP contribution in [0.25, 0.3) is 16.9 Å². The Balaban J connectivity index is 1.70. The van der Waals surface area contributed by atoms with Crippen molar-refractivity contribution in [3.8, 4) is 0 Å². The smallest absolute Gasteiger partial charge is 0.329 e. The van der Waals surface area contributed by atoms with E-state index in [9.17, 15) is 9.59 Å². The van der Waals surface area contributed by atoms with E-state index in [1.165, 1.54) is 10.1 Å². The topological polar surface area (TPSA) is 89.1 Å². The minimum Gasteiger partial charge on any atom is -0.383 e. The van der Waals surface area contributed by atoms with Crippen LogP contribution in [-0.2, 0) is 20.0 Å². The summed E-state index contributed by atoms with van der Waals surface area (Å²) in [6.45, 7) is 7.52. The van der Waals surface area contributed by atoms with E-state index in [0.29, 0.717) is 30.0 Å². The van der Waals surface area contributed by atoms with Gasteiger partial charge in [-0.05, 0) is 38.0 Å². The van der Waals surface area contributed by atoms with Crippen molar-refractivity contribution >= 4 is 22.6 Å². The van der Waals surface area contributed by atoms with E-state index in [0.717, 1.165) is 23.5 Å². The highest BCUT2D eigenvalue weighted by atomic mass is 16.2. The van der Waals surface area contributed by atoms with Gasteiger partial charge in [-0.3, -0.25) is 18.7 Å². The standard InChI is InChI=1S/C20H24N6O2/c1-5-14-6-8-15(9-7-14)21-10-11-25-12(2)13(3)26-16-17(22-19(25)26)24(4)20(28)23-18(16)27/h6-9,21H,5,10-11H2,1-4H3,(H,23,27,28). The zero-order valence-electron chi connectivity index (χ0n) is 16.5. The Labute approximate surface area is 161 Å². The Morgan fingerprint density at radius 2 is 1.82 bits per heavy atom. The third-order valence-corrected chi connectivity index (χ3v) is 5.43. The molecule has 3 aromatic heterocycles. The number of nitrogens with one attached hydrogen (secondary N) is 2. The normalized spacial score (nSPS) is 11.6. The average Bonchev–Trinajstić information content (AvgIpc) is 3.18. The molecular weight excluding hydrogens is 356 g/mol. The van der Waals surface area contributed by atoms with Gasteiger partial charge in [0.15, 0.2) is 11.2 Å². The zero-order chi connectivity index (χ0) is 20.0. The molecule has 1 aromatic carbocycles. The van der Waals surface area contributed by atoms with Gasteiger partial charge in [0, 0.05) is 37.2 Å². The van der Waals surface area contributed by atoms with Crippen molar-refractivity contribution in [2.45, 2.75) is 33.7 Å². The molecule has 0 saturated heterocycles. The fourth-order valence-corrected chi connectivity index (χ4v) is 3.61. The summed E-state index contributed by atoms with van der Waals surface area (Å²) in [4.78, 5) is 31.3. The number of hydrogen-bond donors (Lipinski definition) is 2. The van der Waals surface area contributed by atoms with Crippen molar-refractivity contribution in [3.05, 3.63) is 62.1 Å². The number of aryl methyl sites for hydroxylation is 3. The van der Waals surface area contributed by atoms with Crippen LogP contribution in [0.2, 0.25) is 0 Å². The summed E-state index contributed by atoms with van der Waals surface area (Å²) < 4.78 is 5.28. The average molecular weight is 380 g/mol. The first-order valence-corrected chi connectivity index (χ1v) is 9.42. The van der Waals surface area contributed by atoms with Crippen molar-refractivity contribution in [3.63, 3.8) is 0 Å². The molecule has 0 unspecified atom stereocenters. The molecule has 0 bridgehead atoms.